The van der Waals surface area contributed by atoms with Gasteiger partial charge >= 0.3 is 0 Å². The maximum absolute atomic E-state index is 14.1. The van der Waals surface area contributed by atoms with Crippen LogP contribution in [0, 0.1) is 34.5 Å². The van der Waals surface area contributed by atoms with Crippen LogP contribution in [0.25, 0.3) is 0 Å². The average molecular weight is 460 g/mol. The van der Waals surface area contributed by atoms with E-state index >= 15 is 0 Å². The van der Waals surface area contributed by atoms with E-state index in [9.17, 15) is 15.3 Å². The van der Waals surface area contributed by atoms with Crippen molar-refractivity contribution in [2.75, 3.05) is 4.90 Å². The Kier molecular flexibility index (Phi) is 4.41. The lowest BCUT2D eigenvalue weighted by atomic mass is 9.71. The van der Waals surface area contributed by atoms with Gasteiger partial charge in [0.25, 0.3) is 5.91 Å². The van der Waals surface area contributed by atoms with Crippen molar-refractivity contribution in [3.63, 3.8) is 0 Å². The number of benzene rings is 2. The minimum Gasteiger partial charge on any atom is -0.461 e. The topological polar surface area (TPSA) is 77.1 Å². The summed E-state index contributed by atoms with van der Waals surface area (Å²) in [5.74, 6) is -0.485. The summed E-state index contributed by atoms with van der Waals surface area (Å²) in [6.07, 6.45) is 2.46. The van der Waals surface area contributed by atoms with Gasteiger partial charge in [-0.1, -0.05) is 58.7 Å². The molecule has 0 aromatic heterocycles. The molecule has 6 heteroatoms. The van der Waals surface area contributed by atoms with Gasteiger partial charge < -0.3 is 9.64 Å². The first kappa shape index (κ1) is 18.9. The minimum absolute atomic E-state index is 0.0164. The maximum atomic E-state index is 14.1. The number of fused-ring (bicyclic) bond motifs is 4. The van der Waals surface area contributed by atoms with E-state index in [0.29, 0.717) is 12.1 Å². The van der Waals surface area contributed by atoms with Gasteiger partial charge in [0.15, 0.2) is 0 Å². The first-order chi connectivity index (χ1) is 14.6. The molecular formula is C24H18BrN3O2. The average Bonchev–Trinajstić information content (AvgIpc) is 3.34. The molecule has 1 saturated carbocycles. The van der Waals surface area contributed by atoms with Crippen molar-refractivity contribution < 1.29 is 9.53 Å². The molecule has 2 aromatic rings. The van der Waals surface area contributed by atoms with Crippen molar-refractivity contribution in [3.05, 3.63) is 75.5 Å². The van der Waals surface area contributed by atoms with E-state index in [-0.39, 0.29) is 23.5 Å². The van der Waals surface area contributed by atoms with Crippen molar-refractivity contribution in [2.24, 2.45) is 11.8 Å². The Morgan fingerprint density at radius 1 is 1.10 bits per heavy atom. The summed E-state index contributed by atoms with van der Waals surface area (Å²) >= 11 is 3.65. The fraction of sp³-hybridized carbons (Fsp3) is 0.292. The Balaban J connectivity index is 1.72. The van der Waals surface area contributed by atoms with Crippen molar-refractivity contribution in [1.29, 1.82) is 10.5 Å². The molecular weight excluding hydrogens is 442 g/mol. The molecule has 0 N–H and O–H groups in total. The number of hydrogen-bond acceptors (Lipinski definition) is 4. The normalized spacial score (nSPS) is 26.8. The number of allylic oxidation sites excluding steroid dienone is 2. The van der Waals surface area contributed by atoms with E-state index in [2.05, 4.69) is 28.1 Å². The lowest BCUT2D eigenvalue weighted by Crippen LogP contribution is -2.51. The van der Waals surface area contributed by atoms with Crippen molar-refractivity contribution in [2.45, 2.75) is 31.4 Å². The molecule has 3 unspecified atom stereocenters. The van der Waals surface area contributed by atoms with Gasteiger partial charge in [-0.3, -0.25) is 4.79 Å². The molecule has 0 saturated heterocycles. The van der Waals surface area contributed by atoms with Gasteiger partial charge in [-0.15, -0.1) is 0 Å². The van der Waals surface area contributed by atoms with E-state index in [1.807, 2.05) is 48.5 Å². The van der Waals surface area contributed by atoms with Crippen LogP contribution < -0.4 is 4.90 Å². The zero-order valence-electron chi connectivity index (χ0n) is 16.1. The van der Waals surface area contributed by atoms with Crippen LogP contribution >= 0.6 is 15.9 Å². The number of hydrogen-bond donors (Lipinski definition) is 0. The smallest absolute Gasteiger partial charge is 0.276 e. The first-order valence-corrected chi connectivity index (χ1v) is 10.8. The van der Waals surface area contributed by atoms with Crippen molar-refractivity contribution in [1.82, 2.24) is 0 Å². The van der Waals surface area contributed by atoms with Crippen molar-refractivity contribution >= 4 is 27.5 Å². The van der Waals surface area contributed by atoms with Crippen LogP contribution in [0.1, 0.15) is 30.4 Å². The van der Waals surface area contributed by atoms with Crippen LogP contribution in [0.15, 0.2) is 64.3 Å². The lowest BCUT2D eigenvalue weighted by molar-refractivity contribution is -0.149. The van der Waals surface area contributed by atoms with E-state index in [1.54, 1.807) is 4.90 Å². The molecule has 2 heterocycles. The molecule has 1 fully saturated rings. The number of anilines is 1. The molecule has 30 heavy (non-hydrogen) atoms. The van der Waals surface area contributed by atoms with Gasteiger partial charge in [0.05, 0.1) is 23.9 Å². The van der Waals surface area contributed by atoms with E-state index in [0.717, 1.165) is 40.5 Å². The zero-order valence-corrected chi connectivity index (χ0v) is 17.7. The second-order valence-electron chi connectivity index (χ2n) is 7.96. The Hall–Kier alpha value is -3.09. The third kappa shape index (κ3) is 2.47. The summed E-state index contributed by atoms with van der Waals surface area (Å²) in [5, 5.41) is 19.4. The lowest BCUT2D eigenvalue weighted by Gasteiger charge is -2.41. The summed E-state index contributed by atoms with van der Waals surface area (Å²) in [4.78, 5) is 15.8. The predicted molar refractivity (Wildman–Crippen MR) is 114 cm³/mol. The molecule has 2 aromatic carbocycles. The van der Waals surface area contributed by atoms with Gasteiger partial charge in [-0.05, 0) is 30.5 Å². The molecule has 3 atom stereocenters. The SMILES string of the molecule is N#CC1=C(C#N)C2CCCC2C2(O1)C(=O)N(Cc1ccccc1)c1cccc(Br)c12. The Labute approximate surface area is 183 Å². The molecule has 148 valence electrons. The number of nitrogens with zero attached hydrogens (tertiary/aromatic N) is 3. The quantitative estimate of drug-likeness (QED) is 0.636. The number of ether oxygens (including phenoxy) is 1. The Morgan fingerprint density at radius 2 is 1.90 bits per heavy atom. The zero-order chi connectivity index (χ0) is 20.9. The van der Waals surface area contributed by atoms with Gasteiger partial charge in [0.1, 0.15) is 6.07 Å². The minimum atomic E-state index is -1.28. The number of amides is 1. The molecule has 1 spiro atoms. The highest BCUT2D eigenvalue weighted by molar-refractivity contribution is 9.10. The standard InChI is InChI=1S/C24H18BrN3O2/c25-19-10-5-11-20-22(19)24(23(29)28(20)14-15-6-2-1-3-7-15)18-9-4-8-16(18)17(12-26)21(13-27)30-24/h1-3,5-7,10-11,16,18H,4,8-9,14H2. The van der Waals surface area contributed by atoms with Crippen LogP contribution in [0.2, 0.25) is 0 Å². The fourth-order valence-electron chi connectivity index (χ4n) is 5.35. The number of carbonyl (C=O) groups is 1. The number of rotatable bonds is 2. The molecule has 0 radical (unpaired) electrons. The van der Waals surface area contributed by atoms with E-state index in [1.165, 1.54) is 0 Å². The third-order valence-electron chi connectivity index (χ3n) is 6.54. The van der Waals surface area contributed by atoms with Crippen LogP contribution in [0.5, 0.6) is 0 Å². The van der Waals surface area contributed by atoms with Crippen LogP contribution in [0.4, 0.5) is 5.69 Å². The van der Waals surface area contributed by atoms with E-state index in [4.69, 9.17) is 4.74 Å². The van der Waals surface area contributed by atoms with Gasteiger partial charge in [-0.2, -0.15) is 10.5 Å². The summed E-state index contributed by atoms with van der Waals surface area (Å²) in [6, 6.07) is 19.8. The molecule has 1 aliphatic carbocycles. The third-order valence-corrected chi connectivity index (χ3v) is 7.20. The van der Waals surface area contributed by atoms with Gasteiger partial charge in [-0.25, -0.2) is 0 Å². The Morgan fingerprint density at radius 3 is 2.63 bits per heavy atom. The highest BCUT2D eigenvalue weighted by Crippen LogP contribution is 2.60. The van der Waals surface area contributed by atoms with Gasteiger partial charge in [0.2, 0.25) is 11.4 Å². The molecule has 5 rings (SSSR count). The molecule has 3 aliphatic rings. The van der Waals surface area contributed by atoms with Crippen LogP contribution in [-0.2, 0) is 21.7 Å². The number of nitriles is 2. The van der Waals surface area contributed by atoms with Crippen LogP contribution in [-0.4, -0.2) is 5.91 Å². The second-order valence-corrected chi connectivity index (χ2v) is 8.81. The summed E-state index contributed by atoms with van der Waals surface area (Å²) < 4.78 is 7.05. The molecule has 2 aliphatic heterocycles. The highest BCUT2D eigenvalue weighted by Gasteiger charge is 2.64. The summed E-state index contributed by atoms with van der Waals surface area (Å²) in [6.45, 7) is 0.419. The number of halogens is 1. The van der Waals surface area contributed by atoms with Crippen LogP contribution in [0.3, 0.4) is 0 Å². The first-order valence-electron chi connectivity index (χ1n) is 10.00. The highest BCUT2D eigenvalue weighted by atomic mass is 79.9. The van der Waals surface area contributed by atoms with Crippen molar-refractivity contribution in [3.8, 4) is 12.1 Å². The second kappa shape index (κ2) is 7.00. The Bertz CT molecular complexity index is 1160. The maximum Gasteiger partial charge on any atom is 0.276 e. The monoisotopic (exact) mass is 459 g/mol. The predicted octanol–water partition coefficient (Wildman–Crippen LogP) is 4.94. The summed E-state index contributed by atoms with van der Waals surface area (Å²) in [5.41, 5.74) is 1.68. The van der Waals surface area contributed by atoms with E-state index < -0.39 is 5.60 Å². The molecule has 5 nitrogen and oxygen atoms in total. The fourth-order valence-corrected chi connectivity index (χ4v) is 6.00. The summed E-state index contributed by atoms with van der Waals surface area (Å²) in [7, 11) is 0. The van der Waals surface area contributed by atoms with Gasteiger partial charge in [0, 0.05) is 21.9 Å². The number of carbonyl (C=O) groups excluding carboxylic acids is 1. The largest absolute Gasteiger partial charge is 0.461 e. The molecule has 0 bridgehead atoms. The molecule has 1 amide bonds.